The van der Waals surface area contributed by atoms with Crippen molar-refractivity contribution in [2.75, 3.05) is 5.32 Å². The van der Waals surface area contributed by atoms with Gasteiger partial charge in [0.05, 0.1) is 22.1 Å². The number of aromatic nitrogens is 6. The van der Waals surface area contributed by atoms with Crippen LogP contribution in [0.1, 0.15) is 16.2 Å². The highest BCUT2D eigenvalue weighted by Crippen LogP contribution is 2.27. The van der Waals surface area contributed by atoms with Crippen LogP contribution in [0.25, 0.3) is 27.6 Å². The molecule has 2 N–H and O–H groups in total. The molecule has 0 aliphatic carbocycles. The van der Waals surface area contributed by atoms with Gasteiger partial charge in [-0.25, -0.2) is 9.97 Å². The van der Waals surface area contributed by atoms with E-state index in [0.717, 1.165) is 4.88 Å². The van der Waals surface area contributed by atoms with Crippen molar-refractivity contribution in [3.8, 4) is 16.5 Å². The molecule has 0 saturated carbocycles. The minimum atomic E-state index is -0.452. The molecule has 0 bridgehead atoms. The summed E-state index contributed by atoms with van der Waals surface area (Å²) in [6.07, 6.45) is 1.42. The van der Waals surface area contributed by atoms with E-state index in [4.69, 9.17) is 0 Å². The lowest BCUT2D eigenvalue weighted by Gasteiger charge is -2.08. The summed E-state index contributed by atoms with van der Waals surface area (Å²) in [4.78, 5) is 41.5. The van der Waals surface area contributed by atoms with Gasteiger partial charge in [-0.3, -0.25) is 19.6 Å². The summed E-state index contributed by atoms with van der Waals surface area (Å²) in [5.74, 6) is 0.0944. The maximum Gasteiger partial charge on any atom is 0.277 e. The second kappa shape index (κ2) is 7.58. The first-order valence-electron chi connectivity index (χ1n) is 9.32. The lowest BCUT2D eigenvalue weighted by Crippen LogP contribution is -2.19. The first-order valence-corrected chi connectivity index (χ1v) is 10.2. The molecule has 0 unspecified atom stereocenters. The summed E-state index contributed by atoms with van der Waals surface area (Å²) in [6, 6.07) is 14.2. The van der Waals surface area contributed by atoms with Gasteiger partial charge in [-0.15, -0.1) is 11.3 Å². The third kappa shape index (κ3) is 3.71. The topological polar surface area (TPSA) is 118 Å². The third-order valence-corrected chi connectivity index (χ3v) is 5.36. The molecule has 10 heteroatoms. The number of carbonyl (C=O) groups is 1. The number of amides is 1. The number of thiophene rings is 1. The van der Waals surface area contributed by atoms with Gasteiger partial charge >= 0.3 is 0 Å². The maximum absolute atomic E-state index is 12.9. The number of hydrogen-bond donors (Lipinski definition) is 2. The standard InChI is InChI=1S/C21H15N7O2S/c1-12-9-19(29)26-21(23-12)28-18(10-15(27-28)17-7-4-8-31-17)25-20(30)16-11-22-13-5-2-3-6-14(13)24-16/h2-11H,1H3,(H,25,30)(H,23,26,29). The molecule has 1 aromatic carbocycles. The molecule has 0 fully saturated rings. The molecule has 5 aromatic rings. The molecule has 0 radical (unpaired) electrons. The van der Waals surface area contributed by atoms with Crippen LogP contribution in [0.5, 0.6) is 0 Å². The number of H-pyrrole nitrogens is 1. The monoisotopic (exact) mass is 429 g/mol. The molecule has 0 spiro atoms. The van der Waals surface area contributed by atoms with Crippen molar-refractivity contribution >= 4 is 34.1 Å². The number of nitrogens with one attached hydrogen (secondary N) is 2. The van der Waals surface area contributed by atoms with Gasteiger partial charge in [0.25, 0.3) is 11.5 Å². The molecule has 0 saturated heterocycles. The smallest absolute Gasteiger partial charge is 0.277 e. The van der Waals surface area contributed by atoms with E-state index in [2.05, 4.69) is 30.4 Å². The highest BCUT2D eigenvalue weighted by atomic mass is 32.1. The predicted octanol–water partition coefficient (Wildman–Crippen LogP) is 3.19. The number of carbonyl (C=O) groups excluding carboxylic acids is 1. The van der Waals surface area contributed by atoms with Gasteiger partial charge in [0, 0.05) is 17.8 Å². The molecular formula is C21H15N7O2S. The fraction of sp³-hybridized carbons (Fsp3) is 0.0476. The normalized spacial score (nSPS) is 11.0. The van der Waals surface area contributed by atoms with Crippen molar-refractivity contribution in [1.82, 2.24) is 29.7 Å². The Hall–Kier alpha value is -4.18. The van der Waals surface area contributed by atoms with Crippen LogP contribution in [-0.2, 0) is 0 Å². The van der Waals surface area contributed by atoms with E-state index in [9.17, 15) is 9.59 Å². The Morgan fingerprint density at radius 2 is 1.94 bits per heavy atom. The van der Waals surface area contributed by atoms with Crippen LogP contribution in [0.15, 0.2) is 64.9 Å². The molecule has 4 aromatic heterocycles. The Morgan fingerprint density at radius 3 is 2.71 bits per heavy atom. The zero-order valence-corrected chi connectivity index (χ0v) is 17.1. The van der Waals surface area contributed by atoms with Crippen molar-refractivity contribution in [1.29, 1.82) is 0 Å². The molecule has 0 atom stereocenters. The number of fused-ring (bicyclic) bond motifs is 1. The van der Waals surface area contributed by atoms with Gasteiger partial charge in [-0.2, -0.15) is 9.78 Å². The Labute approximate surface area is 179 Å². The largest absolute Gasteiger partial charge is 0.305 e. The van der Waals surface area contributed by atoms with Crippen LogP contribution in [0.3, 0.4) is 0 Å². The van der Waals surface area contributed by atoms with E-state index in [0.29, 0.717) is 28.2 Å². The van der Waals surface area contributed by atoms with E-state index < -0.39 is 5.91 Å². The molecule has 0 aliphatic rings. The molecule has 0 aliphatic heterocycles. The number of nitrogens with zero attached hydrogens (tertiary/aromatic N) is 5. The van der Waals surface area contributed by atoms with E-state index in [1.54, 1.807) is 19.1 Å². The molecule has 9 nitrogen and oxygen atoms in total. The van der Waals surface area contributed by atoms with Crippen LogP contribution in [-0.4, -0.2) is 35.6 Å². The Bertz CT molecular complexity index is 1470. The molecule has 1 amide bonds. The van der Waals surface area contributed by atoms with Gasteiger partial charge < -0.3 is 5.32 Å². The first-order chi connectivity index (χ1) is 15.1. The van der Waals surface area contributed by atoms with Gasteiger partial charge in [0.1, 0.15) is 17.2 Å². The van der Waals surface area contributed by atoms with E-state index >= 15 is 0 Å². The summed E-state index contributed by atoms with van der Waals surface area (Å²) in [6.45, 7) is 1.71. The van der Waals surface area contributed by atoms with Crippen LogP contribution in [0.2, 0.25) is 0 Å². The van der Waals surface area contributed by atoms with Gasteiger partial charge in [-0.05, 0) is 30.5 Å². The van der Waals surface area contributed by atoms with E-state index in [1.165, 1.54) is 28.3 Å². The summed E-state index contributed by atoms with van der Waals surface area (Å²) < 4.78 is 1.40. The van der Waals surface area contributed by atoms with Crippen LogP contribution in [0.4, 0.5) is 5.82 Å². The lowest BCUT2D eigenvalue weighted by atomic mass is 10.3. The second-order valence-electron chi connectivity index (χ2n) is 6.71. The number of anilines is 1. The highest BCUT2D eigenvalue weighted by Gasteiger charge is 2.18. The summed E-state index contributed by atoms with van der Waals surface area (Å²) in [7, 11) is 0. The van der Waals surface area contributed by atoms with E-state index in [1.807, 2.05) is 35.7 Å². The fourth-order valence-corrected chi connectivity index (χ4v) is 3.77. The number of hydrogen-bond acceptors (Lipinski definition) is 7. The number of rotatable bonds is 4. The average molecular weight is 429 g/mol. The molecule has 31 heavy (non-hydrogen) atoms. The SMILES string of the molecule is Cc1cc(=O)[nH]c(-n2nc(-c3cccs3)cc2NC(=O)c2cnc3ccccc3n2)n1. The predicted molar refractivity (Wildman–Crippen MR) is 118 cm³/mol. The minimum absolute atomic E-state index is 0.162. The Kier molecular flexibility index (Phi) is 4.60. The molecular weight excluding hydrogens is 414 g/mol. The lowest BCUT2D eigenvalue weighted by molar-refractivity contribution is 0.102. The minimum Gasteiger partial charge on any atom is -0.305 e. The maximum atomic E-state index is 12.9. The van der Waals surface area contributed by atoms with Crippen molar-refractivity contribution in [3.63, 3.8) is 0 Å². The Morgan fingerprint density at radius 1 is 1.10 bits per heavy atom. The number of aryl methyl sites for hydroxylation is 1. The van der Waals surface area contributed by atoms with E-state index in [-0.39, 0.29) is 17.2 Å². The summed E-state index contributed by atoms with van der Waals surface area (Å²) in [5.41, 5.74) is 2.34. The van der Waals surface area contributed by atoms with Crippen LogP contribution in [0, 0.1) is 6.92 Å². The molecule has 4 heterocycles. The van der Waals surface area contributed by atoms with Crippen molar-refractivity contribution in [2.24, 2.45) is 0 Å². The zero-order chi connectivity index (χ0) is 21.4. The van der Waals surface area contributed by atoms with Crippen LogP contribution < -0.4 is 10.9 Å². The quantitative estimate of drug-likeness (QED) is 0.453. The number of aromatic amines is 1. The second-order valence-corrected chi connectivity index (χ2v) is 7.66. The molecule has 152 valence electrons. The summed E-state index contributed by atoms with van der Waals surface area (Å²) >= 11 is 1.51. The average Bonchev–Trinajstić information content (AvgIpc) is 3.43. The van der Waals surface area contributed by atoms with Crippen LogP contribution >= 0.6 is 11.3 Å². The van der Waals surface area contributed by atoms with Crippen molar-refractivity contribution < 1.29 is 4.79 Å². The molecule has 5 rings (SSSR count). The number of para-hydroxylation sites is 2. The fourth-order valence-electron chi connectivity index (χ4n) is 3.09. The summed E-state index contributed by atoms with van der Waals surface area (Å²) in [5, 5.41) is 9.29. The third-order valence-electron chi connectivity index (χ3n) is 4.46. The first kappa shape index (κ1) is 18.8. The van der Waals surface area contributed by atoms with Gasteiger partial charge in [0.15, 0.2) is 0 Å². The van der Waals surface area contributed by atoms with Gasteiger partial charge in [0.2, 0.25) is 5.95 Å². The zero-order valence-electron chi connectivity index (χ0n) is 16.2. The van der Waals surface area contributed by atoms with Crippen molar-refractivity contribution in [2.45, 2.75) is 6.92 Å². The Balaban J connectivity index is 1.56. The van der Waals surface area contributed by atoms with Crippen molar-refractivity contribution in [3.05, 3.63) is 81.8 Å². The van der Waals surface area contributed by atoms with Gasteiger partial charge in [-0.1, -0.05) is 18.2 Å². The number of benzene rings is 1. The highest BCUT2D eigenvalue weighted by molar-refractivity contribution is 7.13.